The summed E-state index contributed by atoms with van der Waals surface area (Å²) >= 11 is 0. The number of hydrogen-bond donors (Lipinski definition) is 1. The van der Waals surface area contributed by atoms with Crippen LogP contribution in [0.15, 0.2) is 6.07 Å². The summed E-state index contributed by atoms with van der Waals surface area (Å²) in [5, 5.41) is 0. The molecule has 0 atom stereocenters. The van der Waals surface area contributed by atoms with E-state index >= 15 is 0 Å². The Bertz CT molecular complexity index is 523. The molecular formula is C14H21N3O3. The van der Waals surface area contributed by atoms with Gasteiger partial charge in [-0.1, -0.05) is 0 Å². The SMILES string of the molecule is COc1nc2c(cc1N)CCN(C(=O)OC(C)(C)C)C2. The van der Waals surface area contributed by atoms with E-state index in [1.54, 1.807) is 4.90 Å². The van der Waals surface area contributed by atoms with Gasteiger partial charge >= 0.3 is 6.09 Å². The molecular weight excluding hydrogens is 258 g/mol. The number of amides is 1. The van der Waals surface area contributed by atoms with Gasteiger partial charge in [0.05, 0.1) is 25.0 Å². The molecule has 1 amide bonds. The number of hydrogen-bond acceptors (Lipinski definition) is 5. The zero-order valence-corrected chi connectivity index (χ0v) is 12.4. The first-order chi connectivity index (χ1) is 9.30. The van der Waals surface area contributed by atoms with Crippen LogP contribution in [0, 0.1) is 0 Å². The fraction of sp³-hybridized carbons (Fsp3) is 0.571. The minimum Gasteiger partial charge on any atom is -0.480 e. The Morgan fingerprint density at radius 2 is 2.15 bits per heavy atom. The largest absolute Gasteiger partial charge is 0.480 e. The summed E-state index contributed by atoms with van der Waals surface area (Å²) < 4.78 is 10.5. The standard InChI is InChI=1S/C14H21N3O3/c1-14(2,3)20-13(18)17-6-5-9-7-10(15)12(19-4)16-11(9)8-17/h7H,5-6,8,15H2,1-4H3. The van der Waals surface area contributed by atoms with Crippen LogP contribution in [-0.4, -0.2) is 35.2 Å². The number of pyridine rings is 1. The smallest absolute Gasteiger partial charge is 0.410 e. The van der Waals surface area contributed by atoms with Gasteiger partial charge in [0.25, 0.3) is 0 Å². The number of nitrogen functional groups attached to an aromatic ring is 1. The van der Waals surface area contributed by atoms with Crippen LogP contribution in [0.1, 0.15) is 32.0 Å². The molecule has 1 aliphatic rings. The fourth-order valence-corrected chi connectivity index (χ4v) is 2.11. The van der Waals surface area contributed by atoms with Gasteiger partial charge < -0.3 is 20.1 Å². The lowest BCUT2D eigenvalue weighted by Gasteiger charge is -2.30. The van der Waals surface area contributed by atoms with Crippen molar-refractivity contribution in [3.05, 3.63) is 17.3 Å². The Balaban J connectivity index is 2.16. The van der Waals surface area contributed by atoms with Crippen molar-refractivity contribution < 1.29 is 14.3 Å². The molecule has 0 fully saturated rings. The summed E-state index contributed by atoms with van der Waals surface area (Å²) in [6.07, 6.45) is 0.399. The third kappa shape index (κ3) is 3.12. The lowest BCUT2D eigenvalue weighted by atomic mass is 10.0. The number of methoxy groups -OCH3 is 1. The molecule has 0 bridgehead atoms. The predicted octanol–water partition coefficient (Wildman–Crippen LogP) is 1.97. The van der Waals surface area contributed by atoms with Crippen molar-refractivity contribution in [1.82, 2.24) is 9.88 Å². The molecule has 2 heterocycles. The summed E-state index contributed by atoms with van der Waals surface area (Å²) in [6, 6.07) is 1.87. The zero-order chi connectivity index (χ0) is 14.9. The first-order valence-corrected chi connectivity index (χ1v) is 6.60. The highest BCUT2D eigenvalue weighted by atomic mass is 16.6. The Morgan fingerprint density at radius 3 is 2.75 bits per heavy atom. The van der Waals surface area contributed by atoms with E-state index in [-0.39, 0.29) is 6.09 Å². The maximum absolute atomic E-state index is 12.1. The zero-order valence-electron chi connectivity index (χ0n) is 12.4. The molecule has 1 aromatic heterocycles. The summed E-state index contributed by atoms with van der Waals surface area (Å²) in [6.45, 7) is 6.58. The minimum absolute atomic E-state index is 0.319. The van der Waals surface area contributed by atoms with Gasteiger partial charge in [0.15, 0.2) is 0 Å². The lowest BCUT2D eigenvalue weighted by Crippen LogP contribution is -2.40. The Hall–Kier alpha value is -1.98. The number of rotatable bonds is 1. The van der Waals surface area contributed by atoms with Gasteiger partial charge in [0, 0.05) is 6.54 Å². The second-order valence-electron chi connectivity index (χ2n) is 5.84. The van der Waals surface area contributed by atoms with Crippen molar-refractivity contribution in [2.45, 2.75) is 39.3 Å². The third-order valence-corrected chi connectivity index (χ3v) is 3.02. The molecule has 6 heteroatoms. The number of aromatic nitrogens is 1. The second-order valence-corrected chi connectivity index (χ2v) is 5.84. The van der Waals surface area contributed by atoms with Gasteiger partial charge in [0.2, 0.25) is 5.88 Å². The normalized spacial score (nSPS) is 14.7. The molecule has 0 aromatic carbocycles. The molecule has 2 N–H and O–H groups in total. The van der Waals surface area contributed by atoms with E-state index in [2.05, 4.69) is 4.98 Å². The molecule has 6 nitrogen and oxygen atoms in total. The summed E-state index contributed by atoms with van der Waals surface area (Å²) in [5.74, 6) is 0.398. The van der Waals surface area contributed by atoms with Gasteiger partial charge in [-0.2, -0.15) is 0 Å². The predicted molar refractivity (Wildman–Crippen MR) is 75.5 cm³/mol. The highest BCUT2D eigenvalue weighted by Crippen LogP contribution is 2.26. The molecule has 0 spiro atoms. The van der Waals surface area contributed by atoms with Crippen LogP contribution in [0.4, 0.5) is 10.5 Å². The molecule has 1 aromatic rings. The summed E-state index contributed by atoms with van der Waals surface area (Å²) in [7, 11) is 1.53. The van der Waals surface area contributed by atoms with Crippen molar-refractivity contribution in [3.8, 4) is 5.88 Å². The van der Waals surface area contributed by atoms with Crippen molar-refractivity contribution in [2.24, 2.45) is 0 Å². The monoisotopic (exact) mass is 279 g/mol. The number of nitrogens with zero attached hydrogens (tertiary/aromatic N) is 2. The number of fused-ring (bicyclic) bond motifs is 1. The van der Waals surface area contributed by atoms with Crippen molar-refractivity contribution >= 4 is 11.8 Å². The highest BCUT2D eigenvalue weighted by Gasteiger charge is 2.27. The van der Waals surface area contributed by atoms with E-state index in [0.717, 1.165) is 17.7 Å². The Morgan fingerprint density at radius 1 is 1.45 bits per heavy atom. The van der Waals surface area contributed by atoms with E-state index in [4.69, 9.17) is 15.2 Å². The quantitative estimate of drug-likeness (QED) is 0.850. The van der Waals surface area contributed by atoms with Gasteiger partial charge in [-0.15, -0.1) is 0 Å². The average molecular weight is 279 g/mol. The van der Waals surface area contributed by atoms with E-state index in [0.29, 0.717) is 24.7 Å². The minimum atomic E-state index is -0.496. The van der Waals surface area contributed by atoms with Crippen molar-refractivity contribution in [1.29, 1.82) is 0 Å². The molecule has 0 saturated heterocycles. The van der Waals surface area contributed by atoms with Gasteiger partial charge in [-0.3, -0.25) is 0 Å². The van der Waals surface area contributed by atoms with Crippen LogP contribution in [-0.2, 0) is 17.7 Å². The number of anilines is 1. The molecule has 1 aliphatic heterocycles. The highest BCUT2D eigenvalue weighted by molar-refractivity contribution is 5.68. The topological polar surface area (TPSA) is 77.7 Å². The number of carbonyl (C=O) groups is 1. The first-order valence-electron chi connectivity index (χ1n) is 6.60. The van der Waals surface area contributed by atoms with E-state index in [9.17, 15) is 4.79 Å². The van der Waals surface area contributed by atoms with Gasteiger partial charge in [-0.05, 0) is 38.8 Å². The van der Waals surface area contributed by atoms with Crippen LogP contribution in [0.5, 0.6) is 5.88 Å². The van der Waals surface area contributed by atoms with E-state index < -0.39 is 5.60 Å². The molecule has 2 rings (SSSR count). The van der Waals surface area contributed by atoms with E-state index in [1.807, 2.05) is 26.8 Å². The number of nitrogens with two attached hydrogens (primary N) is 1. The molecule has 0 aliphatic carbocycles. The Kier molecular flexibility index (Phi) is 3.74. The fourth-order valence-electron chi connectivity index (χ4n) is 2.11. The first kappa shape index (κ1) is 14.4. The second kappa shape index (κ2) is 5.19. The van der Waals surface area contributed by atoms with Crippen LogP contribution in [0.3, 0.4) is 0 Å². The van der Waals surface area contributed by atoms with Gasteiger partial charge in [0.1, 0.15) is 5.60 Å². The van der Waals surface area contributed by atoms with Crippen molar-refractivity contribution in [3.63, 3.8) is 0 Å². The van der Waals surface area contributed by atoms with Crippen LogP contribution in [0.25, 0.3) is 0 Å². The maximum atomic E-state index is 12.1. The summed E-state index contributed by atoms with van der Waals surface area (Å²) in [4.78, 5) is 18.1. The average Bonchev–Trinajstić information content (AvgIpc) is 2.35. The molecule has 0 unspecified atom stereocenters. The molecule has 110 valence electrons. The maximum Gasteiger partial charge on any atom is 0.410 e. The number of carbonyl (C=O) groups excluding carboxylic acids is 1. The third-order valence-electron chi connectivity index (χ3n) is 3.02. The van der Waals surface area contributed by atoms with E-state index in [1.165, 1.54) is 7.11 Å². The molecule has 20 heavy (non-hydrogen) atoms. The van der Waals surface area contributed by atoms with Crippen LogP contribution < -0.4 is 10.5 Å². The Labute approximate surface area is 118 Å². The van der Waals surface area contributed by atoms with Crippen LogP contribution in [0.2, 0.25) is 0 Å². The lowest BCUT2D eigenvalue weighted by molar-refractivity contribution is 0.0220. The molecule has 0 radical (unpaired) electrons. The van der Waals surface area contributed by atoms with Crippen LogP contribution >= 0.6 is 0 Å². The summed E-state index contributed by atoms with van der Waals surface area (Å²) in [5.41, 5.74) is 7.74. The van der Waals surface area contributed by atoms with Gasteiger partial charge in [-0.25, -0.2) is 9.78 Å². The number of ether oxygens (including phenoxy) is 2. The van der Waals surface area contributed by atoms with Crippen molar-refractivity contribution in [2.75, 3.05) is 19.4 Å². The molecule has 0 saturated carbocycles.